The van der Waals surface area contributed by atoms with Gasteiger partial charge < -0.3 is 35.5 Å². The summed E-state index contributed by atoms with van der Waals surface area (Å²) >= 11 is 0. The Hall–Kier alpha value is -3.32. The number of aliphatic hydroxyl groups is 1. The number of β-lactam (4-membered cyclic amide) rings is 1. The summed E-state index contributed by atoms with van der Waals surface area (Å²) in [5, 5.41) is 40.8. The van der Waals surface area contributed by atoms with E-state index in [1.165, 1.54) is 11.8 Å². The van der Waals surface area contributed by atoms with E-state index >= 15 is 0 Å². The predicted molar refractivity (Wildman–Crippen MR) is 114 cm³/mol. The molecule has 1 aromatic carbocycles. The summed E-state index contributed by atoms with van der Waals surface area (Å²) in [6.45, 7) is 3.35. The number of carbonyl (C=O) groups excluding carboxylic acids is 2. The van der Waals surface area contributed by atoms with Crippen LogP contribution in [0, 0.1) is 11.8 Å². The van der Waals surface area contributed by atoms with Gasteiger partial charge in [0.2, 0.25) is 5.91 Å². The minimum absolute atomic E-state index is 0.110. The monoisotopic (exact) mass is 501 g/mol. The van der Waals surface area contributed by atoms with Gasteiger partial charge in [-0.05, 0) is 31.7 Å². The van der Waals surface area contributed by atoms with Crippen LogP contribution < -0.4 is 5.32 Å². The highest BCUT2D eigenvalue weighted by Crippen LogP contribution is 2.47. The summed E-state index contributed by atoms with van der Waals surface area (Å²) in [5.41, 5.74) is -2.19. The Labute approximate surface area is 198 Å². The number of aliphatic carboxylic acids is 1. The van der Waals surface area contributed by atoms with Gasteiger partial charge >= 0.3 is 12.1 Å². The third kappa shape index (κ3) is 4.65. The molecule has 0 aliphatic carbocycles. The van der Waals surface area contributed by atoms with Gasteiger partial charge in [0.05, 0.1) is 23.6 Å². The lowest BCUT2D eigenvalue weighted by Crippen LogP contribution is -2.63. The fourth-order valence-electron chi connectivity index (χ4n) is 4.74. The lowest BCUT2D eigenvalue weighted by molar-refractivity contribution is -0.163. The van der Waals surface area contributed by atoms with E-state index in [0.29, 0.717) is 5.57 Å². The van der Waals surface area contributed by atoms with Gasteiger partial charge in [-0.2, -0.15) is 13.2 Å². The van der Waals surface area contributed by atoms with Crippen molar-refractivity contribution in [3.63, 3.8) is 0 Å². The van der Waals surface area contributed by atoms with Gasteiger partial charge in [0, 0.05) is 25.6 Å². The van der Waals surface area contributed by atoms with Crippen molar-refractivity contribution >= 4 is 17.8 Å². The number of carbonyl (C=O) groups is 3. The molecule has 1 unspecified atom stereocenters. The quantitative estimate of drug-likeness (QED) is 0.261. The van der Waals surface area contributed by atoms with E-state index in [4.69, 9.17) is 0 Å². The molecule has 1 fully saturated rings. The molecule has 2 heterocycles. The lowest BCUT2D eigenvalue weighted by Gasteiger charge is -2.46. The van der Waals surface area contributed by atoms with Gasteiger partial charge in [-0.25, -0.2) is 4.79 Å². The number of nitrogens with one attached hydrogen (secondary N) is 1. The van der Waals surface area contributed by atoms with Gasteiger partial charge in [0.1, 0.15) is 11.3 Å². The molecule has 0 aromatic heterocycles. The number of fused-ring (bicyclic) bond motifs is 1. The molecule has 2 amide bonds. The molecule has 1 aromatic rings. The van der Waals surface area contributed by atoms with Crippen molar-refractivity contribution in [1.29, 1.82) is 0 Å². The van der Waals surface area contributed by atoms with Gasteiger partial charge in [-0.3, -0.25) is 9.59 Å². The van der Waals surface area contributed by atoms with Gasteiger partial charge in [-0.15, -0.1) is 0 Å². The number of aromatic hydroxyl groups is 2. The van der Waals surface area contributed by atoms with Crippen molar-refractivity contribution < 1.29 is 48.0 Å². The van der Waals surface area contributed by atoms with Crippen molar-refractivity contribution in [1.82, 2.24) is 15.1 Å². The van der Waals surface area contributed by atoms with Crippen molar-refractivity contribution in [2.45, 2.75) is 32.2 Å². The van der Waals surface area contributed by atoms with Gasteiger partial charge in [0.15, 0.2) is 11.5 Å². The number of carboxylic acids is 1. The molecule has 0 bridgehead atoms. The number of amides is 2. The first-order valence-electron chi connectivity index (χ1n) is 10.7. The van der Waals surface area contributed by atoms with Gasteiger partial charge in [-0.1, -0.05) is 6.92 Å². The summed E-state index contributed by atoms with van der Waals surface area (Å²) in [5.74, 6) is -6.36. The maximum Gasteiger partial charge on any atom is 0.420 e. The number of halogens is 3. The minimum atomic E-state index is -5.08. The molecule has 0 spiro atoms. The third-order valence-electron chi connectivity index (χ3n) is 6.42. The third-order valence-corrected chi connectivity index (χ3v) is 6.42. The fraction of sp³-hybridized carbons (Fsp3) is 0.500. The Morgan fingerprint density at radius 2 is 1.89 bits per heavy atom. The Balaban J connectivity index is 1.67. The first-order valence-corrected chi connectivity index (χ1v) is 10.7. The second-order valence-corrected chi connectivity index (χ2v) is 8.78. The van der Waals surface area contributed by atoms with Crippen molar-refractivity contribution in [3.8, 4) is 11.5 Å². The number of aliphatic hydroxyl groups excluding tert-OH is 1. The molecule has 2 aliphatic rings. The molecular formula is C22H26F3N3O7. The number of benzene rings is 1. The second-order valence-electron chi connectivity index (χ2n) is 8.78. The number of phenols is 2. The van der Waals surface area contributed by atoms with Crippen LogP contribution in [0.3, 0.4) is 0 Å². The van der Waals surface area contributed by atoms with Crippen LogP contribution in [0.2, 0.25) is 0 Å². The van der Waals surface area contributed by atoms with E-state index < -0.39 is 64.6 Å². The normalized spacial score (nSPS) is 22.8. The molecule has 0 saturated carbocycles. The number of likely N-dealkylation sites (N-methyl/N-ethyl adjacent to an activating group) is 1. The van der Waals surface area contributed by atoms with E-state index in [2.05, 4.69) is 5.32 Å². The van der Waals surface area contributed by atoms with Crippen LogP contribution in [0.4, 0.5) is 13.2 Å². The zero-order valence-corrected chi connectivity index (χ0v) is 19.1. The number of carboxylic acid groups (broad SMARTS) is 1. The lowest BCUT2D eigenvalue weighted by atomic mass is 9.77. The Kier molecular flexibility index (Phi) is 7.04. The number of alkyl halides is 3. The predicted octanol–water partition coefficient (Wildman–Crippen LogP) is 0.974. The average molecular weight is 501 g/mol. The van der Waals surface area contributed by atoms with E-state index in [1.54, 1.807) is 18.9 Å². The molecule has 4 atom stereocenters. The number of rotatable bonds is 8. The van der Waals surface area contributed by atoms with Crippen LogP contribution in [-0.4, -0.2) is 86.8 Å². The maximum atomic E-state index is 13.3. The van der Waals surface area contributed by atoms with Crippen LogP contribution in [0.15, 0.2) is 23.4 Å². The van der Waals surface area contributed by atoms with E-state index in [1.807, 2.05) is 0 Å². The topological polar surface area (TPSA) is 151 Å². The summed E-state index contributed by atoms with van der Waals surface area (Å²) in [7, 11) is 1.61. The Morgan fingerprint density at radius 3 is 2.43 bits per heavy atom. The summed E-state index contributed by atoms with van der Waals surface area (Å²) in [6.07, 6.45) is -6.02. The highest BCUT2D eigenvalue weighted by atomic mass is 19.4. The highest BCUT2D eigenvalue weighted by Gasteiger charge is 2.59. The number of phenolic OH excluding ortho intramolecular Hbond substituents is 2. The number of nitrogens with zero attached hydrogens (tertiary/aromatic N) is 2. The Bertz CT molecular complexity index is 1090. The van der Waals surface area contributed by atoms with Crippen molar-refractivity contribution in [3.05, 3.63) is 34.5 Å². The van der Waals surface area contributed by atoms with Crippen LogP contribution in [0.25, 0.3) is 0 Å². The maximum absolute atomic E-state index is 13.3. The van der Waals surface area contributed by atoms with Gasteiger partial charge in [0.25, 0.3) is 5.91 Å². The Morgan fingerprint density at radius 1 is 1.26 bits per heavy atom. The van der Waals surface area contributed by atoms with Crippen molar-refractivity contribution in [2.24, 2.45) is 11.8 Å². The smallest absolute Gasteiger partial charge is 0.420 e. The van der Waals surface area contributed by atoms with E-state index in [0.717, 1.165) is 12.1 Å². The molecule has 10 nitrogen and oxygen atoms in total. The standard InChI is InChI=1S/C22H26F3N3O7/c1-9-12(17(21(34)35)28-16(9)14(10(2)29)20(28)33)8-27(3)7-6-26-19(32)11-4-5-13(30)18(31)15(11)22(23,24)25/h4-5,9-10,14,16,29-31H,6-8H2,1-3H3,(H,26,32)(H,34,35)/t9-,10+,14+,16?/m0/s1. The largest absolute Gasteiger partial charge is 0.504 e. The molecule has 35 heavy (non-hydrogen) atoms. The molecule has 5 N–H and O–H groups in total. The average Bonchev–Trinajstić information content (AvgIpc) is 2.97. The SMILES string of the molecule is C[C@H]1C(CN(C)CCNC(=O)c2ccc(O)c(O)c2C(F)(F)F)=C(C(=O)O)N2C(=O)[C@H]([C@@H](C)O)C12. The summed E-state index contributed by atoms with van der Waals surface area (Å²) in [6, 6.07) is 1.05. The zero-order chi connectivity index (χ0) is 26.4. The van der Waals surface area contributed by atoms with E-state index in [-0.39, 0.29) is 31.2 Å². The second kappa shape index (κ2) is 9.38. The summed E-state index contributed by atoms with van der Waals surface area (Å²) in [4.78, 5) is 39.4. The fourth-order valence-corrected chi connectivity index (χ4v) is 4.74. The first kappa shape index (κ1) is 26.3. The van der Waals surface area contributed by atoms with Crippen LogP contribution in [0.5, 0.6) is 11.5 Å². The molecule has 13 heteroatoms. The minimum Gasteiger partial charge on any atom is -0.504 e. The molecule has 0 radical (unpaired) electrons. The van der Waals surface area contributed by atoms with E-state index in [9.17, 15) is 48.0 Å². The van der Waals surface area contributed by atoms with Crippen LogP contribution in [-0.2, 0) is 15.8 Å². The zero-order valence-electron chi connectivity index (χ0n) is 19.1. The first-order chi connectivity index (χ1) is 16.2. The molecule has 3 rings (SSSR count). The molecule has 1 saturated heterocycles. The van der Waals surface area contributed by atoms with Crippen molar-refractivity contribution in [2.75, 3.05) is 26.7 Å². The molecule has 2 aliphatic heterocycles. The van der Waals surface area contributed by atoms with Crippen LogP contribution in [0.1, 0.15) is 29.8 Å². The highest BCUT2D eigenvalue weighted by molar-refractivity contribution is 6.00. The number of hydrogen-bond acceptors (Lipinski definition) is 7. The molecule has 192 valence electrons. The molecular weight excluding hydrogens is 475 g/mol. The van der Waals surface area contributed by atoms with Crippen LogP contribution >= 0.6 is 0 Å². The summed E-state index contributed by atoms with van der Waals surface area (Å²) < 4.78 is 39.8. The number of hydrogen-bond donors (Lipinski definition) is 5.